The lowest BCUT2D eigenvalue weighted by Crippen LogP contribution is -2.12. The molecule has 0 unspecified atom stereocenters. The van der Waals surface area contributed by atoms with Crippen molar-refractivity contribution in [3.63, 3.8) is 0 Å². The maximum Gasteiger partial charge on any atom is 0.224 e. The first-order chi connectivity index (χ1) is 9.58. The molecular formula is C15H15N3OS. The molecule has 0 aliphatic rings. The zero-order valence-electron chi connectivity index (χ0n) is 11.4. The maximum absolute atomic E-state index is 11.9. The average molecular weight is 285 g/mol. The Balaban J connectivity index is 1.91. The van der Waals surface area contributed by atoms with Crippen LogP contribution in [0.1, 0.15) is 27.6 Å². The van der Waals surface area contributed by atoms with Gasteiger partial charge < -0.3 is 5.32 Å². The first kappa shape index (κ1) is 14.2. The summed E-state index contributed by atoms with van der Waals surface area (Å²) >= 11 is 1.63. The van der Waals surface area contributed by atoms with E-state index in [2.05, 4.69) is 10.3 Å². The number of nitrogens with zero attached hydrogens (tertiary/aromatic N) is 2. The molecule has 1 aromatic carbocycles. The first-order valence-corrected chi connectivity index (χ1v) is 7.13. The zero-order valence-corrected chi connectivity index (χ0v) is 12.3. The SMILES string of the molecule is Cc1nc(CCC(=O)Nc2cccc(C#N)c2)sc1C. The summed E-state index contributed by atoms with van der Waals surface area (Å²) < 4.78 is 0. The summed E-state index contributed by atoms with van der Waals surface area (Å²) in [5.41, 5.74) is 2.22. The minimum Gasteiger partial charge on any atom is -0.326 e. The Hall–Kier alpha value is -2.19. The fraction of sp³-hybridized carbons (Fsp3) is 0.267. The van der Waals surface area contributed by atoms with E-state index in [1.54, 1.807) is 35.6 Å². The van der Waals surface area contributed by atoms with Crippen molar-refractivity contribution >= 4 is 22.9 Å². The van der Waals surface area contributed by atoms with Crippen molar-refractivity contribution in [1.29, 1.82) is 5.26 Å². The van der Waals surface area contributed by atoms with Gasteiger partial charge in [-0.05, 0) is 32.0 Å². The van der Waals surface area contributed by atoms with Crippen LogP contribution in [0.5, 0.6) is 0 Å². The molecule has 0 radical (unpaired) electrons. The van der Waals surface area contributed by atoms with E-state index in [0.29, 0.717) is 24.1 Å². The summed E-state index contributed by atoms with van der Waals surface area (Å²) in [5.74, 6) is -0.0643. The molecule has 2 aromatic rings. The lowest BCUT2D eigenvalue weighted by atomic mass is 10.2. The van der Waals surface area contributed by atoms with Crippen LogP contribution < -0.4 is 5.32 Å². The van der Waals surface area contributed by atoms with E-state index in [9.17, 15) is 4.79 Å². The van der Waals surface area contributed by atoms with Crippen molar-refractivity contribution in [2.24, 2.45) is 0 Å². The molecule has 0 fully saturated rings. The van der Waals surface area contributed by atoms with Crippen molar-refractivity contribution < 1.29 is 4.79 Å². The second-order valence-electron chi connectivity index (χ2n) is 4.49. The standard InChI is InChI=1S/C15H15N3OS/c1-10-11(2)20-15(17-10)7-6-14(19)18-13-5-3-4-12(8-13)9-16/h3-5,8H,6-7H2,1-2H3,(H,18,19). The highest BCUT2D eigenvalue weighted by Gasteiger charge is 2.07. The number of anilines is 1. The molecule has 1 N–H and O–H groups in total. The Morgan fingerprint density at radius 3 is 2.90 bits per heavy atom. The van der Waals surface area contributed by atoms with Crippen LogP contribution in [0, 0.1) is 25.2 Å². The molecule has 2 rings (SSSR count). The number of aromatic nitrogens is 1. The second kappa shape index (κ2) is 6.31. The van der Waals surface area contributed by atoms with Crippen molar-refractivity contribution in [3.8, 4) is 6.07 Å². The van der Waals surface area contributed by atoms with Crippen molar-refractivity contribution in [2.45, 2.75) is 26.7 Å². The van der Waals surface area contributed by atoms with Gasteiger partial charge in [-0.2, -0.15) is 5.26 Å². The van der Waals surface area contributed by atoms with E-state index in [1.165, 1.54) is 4.88 Å². The van der Waals surface area contributed by atoms with Crippen LogP contribution in [0.15, 0.2) is 24.3 Å². The summed E-state index contributed by atoms with van der Waals surface area (Å²) in [6.07, 6.45) is 1.03. The smallest absolute Gasteiger partial charge is 0.224 e. The molecule has 0 atom stereocenters. The molecule has 1 heterocycles. The number of aryl methyl sites for hydroxylation is 3. The van der Waals surface area contributed by atoms with Crippen LogP contribution in [0.2, 0.25) is 0 Å². The van der Waals surface area contributed by atoms with Gasteiger partial charge in [0.15, 0.2) is 0 Å². The number of hydrogen-bond donors (Lipinski definition) is 1. The lowest BCUT2D eigenvalue weighted by molar-refractivity contribution is -0.116. The van der Waals surface area contributed by atoms with Crippen LogP contribution in [-0.4, -0.2) is 10.9 Å². The van der Waals surface area contributed by atoms with Gasteiger partial charge in [-0.25, -0.2) is 4.98 Å². The van der Waals surface area contributed by atoms with Crippen LogP contribution in [0.3, 0.4) is 0 Å². The molecular weight excluding hydrogens is 270 g/mol. The number of rotatable bonds is 4. The van der Waals surface area contributed by atoms with Gasteiger partial charge in [-0.15, -0.1) is 11.3 Å². The zero-order chi connectivity index (χ0) is 14.5. The topological polar surface area (TPSA) is 65.8 Å². The molecule has 102 valence electrons. The fourth-order valence-electron chi connectivity index (χ4n) is 1.76. The molecule has 1 aromatic heterocycles. The minimum atomic E-state index is -0.0643. The molecule has 0 bridgehead atoms. The average Bonchev–Trinajstić information content (AvgIpc) is 2.76. The summed E-state index contributed by atoms with van der Waals surface area (Å²) in [4.78, 5) is 17.5. The predicted molar refractivity (Wildman–Crippen MR) is 79.7 cm³/mol. The normalized spacial score (nSPS) is 10.1. The monoisotopic (exact) mass is 285 g/mol. The third kappa shape index (κ3) is 3.65. The van der Waals surface area contributed by atoms with Crippen molar-refractivity contribution in [3.05, 3.63) is 45.4 Å². The van der Waals surface area contributed by atoms with Gasteiger partial charge in [0.05, 0.1) is 22.3 Å². The number of carbonyl (C=O) groups excluding carboxylic acids is 1. The van der Waals surface area contributed by atoms with Crippen molar-refractivity contribution in [2.75, 3.05) is 5.32 Å². The van der Waals surface area contributed by atoms with Gasteiger partial charge in [-0.1, -0.05) is 6.07 Å². The van der Waals surface area contributed by atoms with E-state index >= 15 is 0 Å². The van der Waals surface area contributed by atoms with E-state index in [-0.39, 0.29) is 5.91 Å². The highest BCUT2D eigenvalue weighted by atomic mass is 32.1. The summed E-state index contributed by atoms with van der Waals surface area (Å²) in [6.45, 7) is 4.01. The minimum absolute atomic E-state index is 0.0643. The molecule has 0 saturated carbocycles. The van der Waals surface area contributed by atoms with E-state index < -0.39 is 0 Å². The van der Waals surface area contributed by atoms with Gasteiger partial charge in [0.2, 0.25) is 5.91 Å². The third-order valence-electron chi connectivity index (χ3n) is 2.91. The summed E-state index contributed by atoms with van der Waals surface area (Å²) in [5, 5.41) is 12.6. The van der Waals surface area contributed by atoms with Gasteiger partial charge in [0.25, 0.3) is 0 Å². The Labute approximate surface area is 122 Å². The van der Waals surface area contributed by atoms with E-state index in [4.69, 9.17) is 5.26 Å². The number of hydrogen-bond acceptors (Lipinski definition) is 4. The largest absolute Gasteiger partial charge is 0.326 e. The molecule has 1 amide bonds. The molecule has 0 saturated heterocycles. The van der Waals surface area contributed by atoms with Crippen LogP contribution in [0.25, 0.3) is 0 Å². The Morgan fingerprint density at radius 1 is 1.45 bits per heavy atom. The van der Waals surface area contributed by atoms with Crippen LogP contribution in [0.4, 0.5) is 5.69 Å². The number of benzene rings is 1. The van der Waals surface area contributed by atoms with E-state index in [1.807, 2.05) is 19.9 Å². The molecule has 0 spiro atoms. The third-order valence-corrected chi connectivity index (χ3v) is 4.05. The van der Waals surface area contributed by atoms with Crippen molar-refractivity contribution in [1.82, 2.24) is 4.98 Å². The van der Waals surface area contributed by atoms with Gasteiger partial charge >= 0.3 is 0 Å². The quantitative estimate of drug-likeness (QED) is 0.938. The van der Waals surface area contributed by atoms with Crippen LogP contribution in [-0.2, 0) is 11.2 Å². The lowest BCUT2D eigenvalue weighted by Gasteiger charge is -2.04. The Bertz CT molecular complexity index is 650. The number of amides is 1. The fourth-order valence-corrected chi connectivity index (χ4v) is 2.69. The molecule has 0 aliphatic carbocycles. The highest BCUT2D eigenvalue weighted by Crippen LogP contribution is 2.18. The molecule has 20 heavy (non-hydrogen) atoms. The second-order valence-corrected chi connectivity index (χ2v) is 5.78. The molecule has 5 heteroatoms. The van der Waals surface area contributed by atoms with Gasteiger partial charge in [-0.3, -0.25) is 4.79 Å². The number of nitriles is 1. The van der Waals surface area contributed by atoms with Gasteiger partial charge in [0, 0.05) is 23.4 Å². The Morgan fingerprint density at radius 2 is 2.25 bits per heavy atom. The summed E-state index contributed by atoms with van der Waals surface area (Å²) in [6, 6.07) is 8.94. The van der Waals surface area contributed by atoms with E-state index in [0.717, 1.165) is 10.7 Å². The summed E-state index contributed by atoms with van der Waals surface area (Å²) in [7, 11) is 0. The van der Waals surface area contributed by atoms with Gasteiger partial charge in [0.1, 0.15) is 0 Å². The Kier molecular flexibility index (Phi) is 4.49. The number of nitrogens with one attached hydrogen (secondary N) is 1. The number of thiazole rings is 1. The molecule has 0 aliphatic heterocycles. The number of carbonyl (C=O) groups is 1. The molecule has 4 nitrogen and oxygen atoms in total. The first-order valence-electron chi connectivity index (χ1n) is 6.31. The predicted octanol–water partition coefficient (Wildman–Crippen LogP) is 3.20. The maximum atomic E-state index is 11.9. The highest BCUT2D eigenvalue weighted by molar-refractivity contribution is 7.11. The van der Waals surface area contributed by atoms with Crippen LogP contribution >= 0.6 is 11.3 Å².